The average Bonchev–Trinajstić information content (AvgIpc) is 3.95. The molecule has 5 aliphatic carbocycles. The molecule has 0 atom stereocenters. The van der Waals surface area contributed by atoms with E-state index in [4.69, 9.17) is 18.8 Å². The van der Waals surface area contributed by atoms with E-state index in [1.807, 2.05) is 12.1 Å². The zero-order valence-electron chi connectivity index (χ0n) is 24.4. The van der Waals surface area contributed by atoms with Crippen molar-refractivity contribution in [1.82, 2.24) is 20.3 Å². The van der Waals surface area contributed by atoms with Gasteiger partial charge in [-0.05, 0) is 112 Å². The molecule has 0 spiro atoms. The van der Waals surface area contributed by atoms with Gasteiger partial charge in [-0.25, -0.2) is 0 Å². The lowest BCUT2D eigenvalue weighted by molar-refractivity contribution is -0.121. The number of carbonyl (C=O) groups excluding carboxylic acids is 1. The summed E-state index contributed by atoms with van der Waals surface area (Å²) >= 11 is 0. The number of benzene rings is 1. The highest BCUT2D eigenvalue weighted by molar-refractivity contribution is 5.94. The number of ether oxygens (including phenoxy) is 1. The molecule has 9 heteroatoms. The Bertz CT molecular complexity index is 1410. The minimum Gasteiger partial charge on any atom is -0.381 e. The van der Waals surface area contributed by atoms with Crippen molar-refractivity contribution in [2.45, 2.75) is 101 Å². The standard InChI is InChI=1S/C33H41N5O4/c39-28(19-23-8-16-40-17-9-23)38(26-3-1-2-25(20-26)30-35-29(37-41-30)24-6-7-24)21-32-10-13-33(14-11-32,15-12-32)31-34-27(36-42-31)18-22-4-5-22/h1-3,20,22-24H,4-19,21H2. The zero-order valence-corrected chi connectivity index (χ0v) is 24.4. The van der Waals surface area contributed by atoms with Crippen LogP contribution in [0.4, 0.5) is 5.69 Å². The van der Waals surface area contributed by atoms with Gasteiger partial charge in [0.05, 0.1) is 0 Å². The van der Waals surface area contributed by atoms with Gasteiger partial charge in [-0.2, -0.15) is 9.97 Å². The molecule has 1 amide bonds. The van der Waals surface area contributed by atoms with Gasteiger partial charge in [-0.1, -0.05) is 16.4 Å². The van der Waals surface area contributed by atoms with Crippen molar-refractivity contribution in [2.75, 3.05) is 24.7 Å². The molecule has 2 bridgehead atoms. The number of aromatic nitrogens is 4. The molecular formula is C33H41N5O4. The molecule has 1 aromatic carbocycles. The number of hydrogen-bond donors (Lipinski definition) is 0. The predicted molar refractivity (Wildman–Crippen MR) is 155 cm³/mol. The topological polar surface area (TPSA) is 107 Å². The molecule has 9 rings (SSSR count). The molecule has 6 fully saturated rings. The maximum absolute atomic E-state index is 14.1. The zero-order chi connectivity index (χ0) is 28.1. The number of nitrogens with zero attached hydrogens (tertiary/aromatic N) is 5. The van der Waals surface area contributed by atoms with Crippen LogP contribution < -0.4 is 4.90 Å². The van der Waals surface area contributed by atoms with Crippen LogP contribution in [0.3, 0.4) is 0 Å². The van der Waals surface area contributed by atoms with Gasteiger partial charge in [0.2, 0.25) is 11.8 Å². The Morgan fingerprint density at radius 1 is 0.881 bits per heavy atom. The molecule has 1 aliphatic heterocycles. The van der Waals surface area contributed by atoms with E-state index in [9.17, 15) is 4.79 Å². The highest BCUT2D eigenvalue weighted by Gasteiger charge is 2.53. The third-order valence-electron chi connectivity index (χ3n) is 10.9. The summed E-state index contributed by atoms with van der Waals surface area (Å²) < 4.78 is 17.1. The van der Waals surface area contributed by atoms with Crippen LogP contribution in [0, 0.1) is 17.3 Å². The van der Waals surface area contributed by atoms with E-state index in [2.05, 4.69) is 32.3 Å². The van der Waals surface area contributed by atoms with Crippen molar-refractivity contribution in [1.29, 1.82) is 0 Å². The molecule has 0 unspecified atom stereocenters. The minimum absolute atomic E-state index is 0.00459. The predicted octanol–water partition coefficient (Wildman–Crippen LogP) is 6.39. The monoisotopic (exact) mass is 571 g/mol. The summed E-state index contributed by atoms with van der Waals surface area (Å²) in [4.78, 5) is 25.7. The largest absolute Gasteiger partial charge is 0.381 e. The summed E-state index contributed by atoms with van der Waals surface area (Å²) in [5, 5.41) is 8.57. The lowest BCUT2D eigenvalue weighted by Crippen LogP contribution is -2.51. The second-order valence-corrected chi connectivity index (χ2v) is 14.0. The number of fused-ring (bicyclic) bond motifs is 3. The Morgan fingerprint density at radius 2 is 1.67 bits per heavy atom. The number of carbonyl (C=O) groups is 1. The Hall–Kier alpha value is -3.07. The van der Waals surface area contributed by atoms with E-state index in [1.54, 1.807) is 0 Å². The van der Waals surface area contributed by atoms with E-state index < -0.39 is 0 Å². The molecule has 42 heavy (non-hydrogen) atoms. The molecule has 1 saturated heterocycles. The molecule has 3 heterocycles. The van der Waals surface area contributed by atoms with Crippen molar-refractivity contribution in [2.24, 2.45) is 17.3 Å². The van der Waals surface area contributed by atoms with Crippen LogP contribution in [0.5, 0.6) is 0 Å². The summed E-state index contributed by atoms with van der Waals surface area (Å²) in [5.74, 6) is 4.85. The molecule has 3 aromatic rings. The van der Waals surface area contributed by atoms with Crippen LogP contribution >= 0.6 is 0 Å². The summed E-state index contributed by atoms with van der Waals surface area (Å²) in [7, 11) is 0. The molecule has 5 saturated carbocycles. The van der Waals surface area contributed by atoms with Crippen LogP contribution in [-0.2, 0) is 21.4 Å². The number of amides is 1. The third-order valence-corrected chi connectivity index (χ3v) is 10.9. The van der Waals surface area contributed by atoms with Crippen molar-refractivity contribution in [3.8, 4) is 11.5 Å². The Morgan fingerprint density at radius 3 is 2.40 bits per heavy atom. The summed E-state index contributed by atoms with van der Waals surface area (Å²) in [6.45, 7) is 2.23. The number of anilines is 1. The van der Waals surface area contributed by atoms with Crippen LogP contribution in [0.25, 0.3) is 11.5 Å². The van der Waals surface area contributed by atoms with Crippen molar-refractivity contribution >= 4 is 11.6 Å². The van der Waals surface area contributed by atoms with Crippen molar-refractivity contribution < 1.29 is 18.6 Å². The first-order valence-corrected chi connectivity index (χ1v) is 16.2. The Kier molecular flexibility index (Phi) is 6.69. The molecule has 222 valence electrons. The van der Waals surface area contributed by atoms with Gasteiger partial charge in [0, 0.05) is 55.2 Å². The second kappa shape index (κ2) is 10.6. The van der Waals surface area contributed by atoms with E-state index in [1.165, 1.54) is 12.8 Å². The fraction of sp³-hybridized carbons (Fsp3) is 0.667. The maximum Gasteiger partial charge on any atom is 0.258 e. The SMILES string of the molecule is O=C(CC1CCOCC1)N(CC12CCC(c3nc(CC4CC4)no3)(CC1)CC2)c1cccc(-c2nc(C3CC3)no2)c1. The van der Waals surface area contributed by atoms with Crippen LogP contribution in [-0.4, -0.2) is 45.9 Å². The first-order valence-electron chi connectivity index (χ1n) is 16.2. The molecule has 2 aromatic heterocycles. The average molecular weight is 572 g/mol. The molecular weight excluding hydrogens is 530 g/mol. The summed E-state index contributed by atoms with van der Waals surface area (Å²) in [5.41, 5.74) is 1.90. The number of hydrogen-bond acceptors (Lipinski definition) is 8. The van der Waals surface area contributed by atoms with Gasteiger partial charge >= 0.3 is 0 Å². The fourth-order valence-electron chi connectivity index (χ4n) is 7.59. The molecule has 6 aliphatic rings. The number of rotatable bonds is 10. The van der Waals surface area contributed by atoms with Gasteiger partial charge in [0.15, 0.2) is 11.6 Å². The van der Waals surface area contributed by atoms with Gasteiger partial charge < -0.3 is 18.7 Å². The van der Waals surface area contributed by atoms with Gasteiger partial charge in [0.1, 0.15) is 0 Å². The van der Waals surface area contributed by atoms with E-state index in [-0.39, 0.29) is 16.7 Å². The quantitative estimate of drug-likeness (QED) is 0.275. The highest BCUT2D eigenvalue weighted by atomic mass is 16.5. The smallest absolute Gasteiger partial charge is 0.258 e. The first kappa shape index (κ1) is 26.5. The van der Waals surface area contributed by atoms with Crippen molar-refractivity contribution in [3.63, 3.8) is 0 Å². The lowest BCUT2D eigenvalue weighted by Gasteiger charge is -2.53. The lowest BCUT2D eigenvalue weighted by atomic mass is 9.53. The summed E-state index contributed by atoms with van der Waals surface area (Å²) in [6.07, 6.45) is 14.6. The normalized spacial score (nSPS) is 27.8. The first-order chi connectivity index (χ1) is 20.6. The van der Waals surface area contributed by atoms with E-state index in [0.717, 1.165) is 125 Å². The Labute approximate surface area is 246 Å². The second-order valence-electron chi connectivity index (χ2n) is 14.0. The minimum atomic E-state index is 0.00459. The third kappa shape index (κ3) is 5.29. The van der Waals surface area contributed by atoms with Gasteiger partial charge in [-0.3, -0.25) is 4.79 Å². The molecule has 9 nitrogen and oxygen atoms in total. The van der Waals surface area contributed by atoms with Crippen LogP contribution in [0.15, 0.2) is 33.3 Å². The maximum atomic E-state index is 14.1. The molecule has 0 N–H and O–H groups in total. The fourth-order valence-corrected chi connectivity index (χ4v) is 7.59. The van der Waals surface area contributed by atoms with Crippen LogP contribution in [0.1, 0.15) is 107 Å². The summed E-state index contributed by atoms with van der Waals surface area (Å²) in [6, 6.07) is 8.15. The van der Waals surface area contributed by atoms with Gasteiger partial charge in [0.25, 0.3) is 5.89 Å². The van der Waals surface area contributed by atoms with Crippen molar-refractivity contribution in [3.05, 3.63) is 41.8 Å². The van der Waals surface area contributed by atoms with E-state index in [0.29, 0.717) is 24.1 Å². The molecule has 0 radical (unpaired) electrons. The highest BCUT2D eigenvalue weighted by Crippen LogP contribution is 2.58. The van der Waals surface area contributed by atoms with Gasteiger partial charge in [-0.15, -0.1) is 0 Å². The van der Waals surface area contributed by atoms with Crippen LogP contribution in [0.2, 0.25) is 0 Å². The Balaban J connectivity index is 1.02. The van der Waals surface area contributed by atoms with E-state index >= 15 is 0 Å².